The highest BCUT2D eigenvalue weighted by Crippen LogP contribution is 2.42. The Morgan fingerprint density at radius 3 is 2.53 bits per heavy atom. The van der Waals surface area contributed by atoms with E-state index in [1.807, 2.05) is 6.07 Å². The van der Waals surface area contributed by atoms with Crippen LogP contribution in [0, 0.1) is 0 Å². The van der Waals surface area contributed by atoms with Crippen molar-refractivity contribution in [1.29, 1.82) is 0 Å². The van der Waals surface area contributed by atoms with Crippen LogP contribution < -0.4 is 4.90 Å². The molecule has 1 aromatic rings. The first-order valence-corrected chi connectivity index (χ1v) is 7.49. The summed E-state index contributed by atoms with van der Waals surface area (Å²) >= 11 is 15.8. The third kappa shape index (κ3) is 2.18. The Balaban J connectivity index is 1.94. The first-order valence-electron chi connectivity index (χ1n) is 5.88. The zero-order valence-electron chi connectivity index (χ0n) is 9.24. The van der Waals surface area contributed by atoms with Crippen LogP contribution >= 0.6 is 39.1 Å². The van der Waals surface area contributed by atoms with Crippen molar-refractivity contribution in [3.63, 3.8) is 0 Å². The topological polar surface area (TPSA) is 16.1 Å². The zero-order chi connectivity index (χ0) is 12.0. The SMILES string of the molecule is Clc1cnc(N2C3CCC2CC(Cl)C3)c(Br)c1. The minimum Gasteiger partial charge on any atom is -0.350 e. The average Bonchev–Trinajstić information content (AvgIpc) is 2.53. The first kappa shape index (κ1) is 12.1. The summed E-state index contributed by atoms with van der Waals surface area (Å²) in [5.74, 6) is 1.02. The Kier molecular flexibility index (Phi) is 3.26. The van der Waals surface area contributed by atoms with Gasteiger partial charge >= 0.3 is 0 Å². The van der Waals surface area contributed by atoms with Crippen LogP contribution in [0.15, 0.2) is 16.7 Å². The van der Waals surface area contributed by atoms with Gasteiger partial charge in [-0.2, -0.15) is 0 Å². The molecule has 2 fully saturated rings. The van der Waals surface area contributed by atoms with E-state index in [9.17, 15) is 0 Å². The third-order valence-electron chi connectivity index (χ3n) is 3.71. The molecule has 2 bridgehead atoms. The largest absolute Gasteiger partial charge is 0.350 e. The van der Waals surface area contributed by atoms with Crippen LogP contribution in [-0.2, 0) is 0 Å². The van der Waals surface area contributed by atoms with Crippen LogP contribution in [0.1, 0.15) is 25.7 Å². The molecule has 0 spiro atoms. The lowest BCUT2D eigenvalue weighted by Crippen LogP contribution is -2.44. The van der Waals surface area contributed by atoms with Crippen LogP contribution in [0.5, 0.6) is 0 Å². The predicted octanol–water partition coefficient (Wildman–Crippen LogP) is 4.24. The second-order valence-electron chi connectivity index (χ2n) is 4.82. The normalized spacial score (nSPS) is 31.9. The monoisotopic (exact) mass is 334 g/mol. The predicted molar refractivity (Wildman–Crippen MR) is 75.1 cm³/mol. The van der Waals surface area contributed by atoms with Gasteiger partial charge in [-0.05, 0) is 47.7 Å². The van der Waals surface area contributed by atoms with Crippen molar-refractivity contribution in [2.24, 2.45) is 0 Å². The molecule has 2 unspecified atom stereocenters. The molecule has 0 N–H and O–H groups in total. The van der Waals surface area contributed by atoms with Gasteiger partial charge in [0, 0.05) is 23.7 Å². The fourth-order valence-corrected chi connectivity index (χ4v) is 4.31. The van der Waals surface area contributed by atoms with Crippen LogP contribution in [0.2, 0.25) is 5.02 Å². The third-order valence-corrected chi connectivity index (χ3v) is 4.86. The van der Waals surface area contributed by atoms with E-state index in [2.05, 4.69) is 25.8 Å². The molecule has 17 heavy (non-hydrogen) atoms. The van der Waals surface area contributed by atoms with Gasteiger partial charge in [-0.3, -0.25) is 0 Å². The molecule has 92 valence electrons. The molecule has 0 aliphatic carbocycles. The van der Waals surface area contributed by atoms with Gasteiger partial charge < -0.3 is 4.90 Å². The maximum absolute atomic E-state index is 6.28. The van der Waals surface area contributed by atoms with Gasteiger partial charge in [0.15, 0.2) is 0 Å². The van der Waals surface area contributed by atoms with Gasteiger partial charge in [-0.15, -0.1) is 11.6 Å². The van der Waals surface area contributed by atoms with E-state index in [1.165, 1.54) is 12.8 Å². The van der Waals surface area contributed by atoms with E-state index >= 15 is 0 Å². The maximum atomic E-state index is 6.28. The number of fused-ring (bicyclic) bond motifs is 2. The quantitative estimate of drug-likeness (QED) is 0.714. The zero-order valence-corrected chi connectivity index (χ0v) is 12.3. The van der Waals surface area contributed by atoms with Gasteiger partial charge in [0.1, 0.15) is 5.82 Å². The van der Waals surface area contributed by atoms with E-state index in [4.69, 9.17) is 23.2 Å². The van der Waals surface area contributed by atoms with Crippen molar-refractivity contribution in [3.8, 4) is 0 Å². The first-order chi connectivity index (χ1) is 8.15. The molecule has 3 rings (SSSR count). The van der Waals surface area contributed by atoms with Crippen molar-refractivity contribution in [3.05, 3.63) is 21.8 Å². The molecule has 0 amide bonds. The summed E-state index contributed by atoms with van der Waals surface area (Å²) in [6, 6.07) is 3.00. The van der Waals surface area contributed by atoms with E-state index < -0.39 is 0 Å². The molecule has 2 atom stereocenters. The Morgan fingerprint density at radius 2 is 1.94 bits per heavy atom. The number of rotatable bonds is 1. The summed E-state index contributed by atoms with van der Waals surface area (Å²) in [7, 11) is 0. The number of hydrogen-bond donors (Lipinski definition) is 0. The number of pyridine rings is 1. The van der Waals surface area contributed by atoms with Crippen molar-refractivity contribution in [2.45, 2.75) is 43.1 Å². The summed E-state index contributed by atoms with van der Waals surface area (Å²) in [6.07, 6.45) is 6.30. The fraction of sp³-hybridized carbons (Fsp3) is 0.583. The Labute approximate surface area is 119 Å². The minimum atomic E-state index is 0.329. The van der Waals surface area contributed by atoms with Gasteiger partial charge in [0.2, 0.25) is 0 Å². The molecule has 2 saturated heterocycles. The Bertz CT molecular complexity index is 427. The minimum absolute atomic E-state index is 0.329. The molecule has 0 saturated carbocycles. The summed E-state index contributed by atoms with van der Waals surface area (Å²) in [6.45, 7) is 0. The standard InChI is InChI=1S/C12H13BrCl2N2/c13-11-5-8(15)6-16-12(11)17-9-1-2-10(17)4-7(14)3-9/h5-7,9-10H,1-4H2. The highest BCUT2D eigenvalue weighted by molar-refractivity contribution is 9.10. The molecular weight excluding hydrogens is 323 g/mol. The van der Waals surface area contributed by atoms with E-state index in [0.29, 0.717) is 22.5 Å². The molecule has 0 aromatic carbocycles. The highest BCUT2D eigenvalue weighted by atomic mass is 79.9. The maximum Gasteiger partial charge on any atom is 0.143 e. The Hall–Kier alpha value is 0.01000. The summed E-state index contributed by atoms with van der Waals surface area (Å²) in [5.41, 5.74) is 0. The average molecular weight is 336 g/mol. The Morgan fingerprint density at radius 1 is 1.29 bits per heavy atom. The number of piperidine rings is 1. The fourth-order valence-electron chi connectivity index (χ4n) is 3.05. The van der Waals surface area contributed by atoms with Crippen molar-refractivity contribution >= 4 is 44.9 Å². The molecule has 0 radical (unpaired) electrons. The second kappa shape index (κ2) is 4.60. The highest BCUT2D eigenvalue weighted by Gasteiger charge is 2.41. The van der Waals surface area contributed by atoms with Gasteiger partial charge in [-0.1, -0.05) is 11.6 Å². The second-order valence-corrected chi connectivity index (χ2v) is 6.73. The molecule has 3 heterocycles. The van der Waals surface area contributed by atoms with Crippen molar-refractivity contribution in [1.82, 2.24) is 4.98 Å². The van der Waals surface area contributed by atoms with E-state index in [0.717, 1.165) is 23.1 Å². The van der Waals surface area contributed by atoms with Gasteiger partial charge in [0.05, 0.1) is 9.50 Å². The lowest BCUT2D eigenvalue weighted by atomic mass is 10.0. The summed E-state index contributed by atoms with van der Waals surface area (Å²) < 4.78 is 0.981. The van der Waals surface area contributed by atoms with Crippen molar-refractivity contribution in [2.75, 3.05) is 4.90 Å². The molecular formula is C12H13BrCl2N2. The van der Waals surface area contributed by atoms with E-state index in [1.54, 1.807) is 6.20 Å². The van der Waals surface area contributed by atoms with E-state index in [-0.39, 0.29) is 0 Å². The smallest absolute Gasteiger partial charge is 0.143 e. The molecule has 2 aliphatic heterocycles. The number of nitrogens with zero attached hydrogens (tertiary/aromatic N) is 2. The summed E-state index contributed by atoms with van der Waals surface area (Å²) in [4.78, 5) is 6.90. The summed E-state index contributed by atoms with van der Waals surface area (Å²) in [5, 5.41) is 0.995. The van der Waals surface area contributed by atoms with Gasteiger partial charge in [-0.25, -0.2) is 4.98 Å². The van der Waals surface area contributed by atoms with Crippen LogP contribution in [0.3, 0.4) is 0 Å². The van der Waals surface area contributed by atoms with Crippen LogP contribution in [0.25, 0.3) is 0 Å². The molecule has 5 heteroatoms. The molecule has 2 aliphatic rings. The molecule has 1 aromatic heterocycles. The number of alkyl halides is 1. The van der Waals surface area contributed by atoms with Crippen LogP contribution in [0.4, 0.5) is 5.82 Å². The number of aromatic nitrogens is 1. The van der Waals surface area contributed by atoms with Crippen LogP contribution in [-0.4, -0.2) is 22.4 Å². The van der Waals surface area contributed by atoms with Gasteiger partial charge in [0.25, 0.3) is 0 Å². The molecule has 2 nitrogen and oxygen atoms in total. The number of hydrogen-bond acceptors (Lipinski definition) is 2. The van der Waals surface area contributed by atoms with Crippen molar-refractivity contribution < 1.29 is 0 Å². The number of halogens is 3. The lowest BCUT2D eigenvalue weighted by molar-refractivity contribution is 0.470. The lowest BCUT2D eigenvalue weighted by Gasteiger charge is -2.38. The number of anilines is 1.